The zero-order valence-corrected chi connectivity index (χ0v) is 19.2. The summed E-state index contributed by atoms with van der Waals surface area (Å²) in [6.45, 7) is -3.00. The SMILES string of the molecule is COc1ccc(CC(C(=O)c2ccc(OC(F)F)cc2)=C(C(=O)O)c2ccc3nsnc3c2)s1. The number of carbonyl (C=O) groups is 2. The van der Waals surface area contributed by atoms with Crippen molar-refractivity contribution in [3.63, 3.8) is 0 Å². The molecular weight excluding hydrogens is 486 g/mol. The number of halogens is 2. The van der Waals surface area contributed by atoms with Crippen LogP contribution in [0.3, 0.4) is 0 Å². The topological polar surface area (TPSA) is 98.6 Å². The van der Waals surface area contributed by atoms with E-state index in [1.807, 2.05) is 0 Å². The quantitative estimate of drug-likeness (QED) is 0.244. The van der Waals surface area contributed by atoms with E-state index in [0.717, 1.165) is 11.7 Å². The fraction of sp³-hybridized carbons (Fsp3) is 0.130. The van der Waals surface area contributed by atoms with Gasteiger partial charge in [-0.2, -0.15) is 17.5 Å². The van der Waals surface area contributed by atoms with Crippen molar-refractivity contribution in [2.24, 2.45) is 0 Å². The number of methoxy groups -OCH3 is 1. The molecule has 0 saturated carbocycles. The Hall–Kier alpha value is -3.70. The number of rotatable bonds is 9. The number of carboxylic acid groups (broad SMARTS) is 1. The van der Waals surface area contributed by atoms with Crippen LogP contribution >= 0.6 is 23.1 Å². The highest BCUT2D eigenvalue weighted by Crippen LogP contribution is 2.32. The van der Waals surface area contributed by atoms with Crippen LogP contribution < -0.4 is 9.47 Å². The van der Waals surface area contributed by atoms with Crippen molar-refractivity contribution in [3.8, 4) is 10.8 Å². The lowest BCUT2D eigenvalue weighted by Gasteiger charge is -2.13. The number of aliphatic carboxylic acids is 1. The molecule has 0 aliphatic rings. The lowest BCUT2D eigenvalue weighted by Crippen LogP contribution is -2.14. The first-order chi connectivity index (χ1) is 16.4. The number of alkyl halides is 2. The van der Waals surface area contributed by atoms with Crippen molar-refractivity contribution in [2.45, 2.75) is 13.0 Å². The third-order valence-corrected chi connectivity index (χ3v) is 6.47. The van der Waals surface area contributed by atoms with Gasteiger partial charge in [0, 0.05) is 22.4 Å². The first-order valence-corrected chi connectivity index (χ1v) is 11.3. The maximum absolute atomic E-state index is 13.5. The molecule has 0 amide bonds. The summed E-state index contributed by atoms with van der Waals surface area (Å²) >= 11 is 2.28. The fourth-order valence-corrected chi connectivity index (χ4v) is 4.69. The van der Waals surface area contributed by atoms with E-state index in [2.05, 4.69) is 13.5 Å². The molecule has 0 saturated heterocycles. The van der Waals surface area contributed by atoms with E-state index in [1.54, 1.807) is 30.3 Å². The molecule has 1 N–H and O–H groups in total. The average Bonchev–Trinajstić information content (AvgIpc) is 3.47. The van der Waals surface area contributed by atoms with Gasteiger partial charge in [-0.25, -0.2) is 4.79 Å². The molecule has 0 fully saturated rings. The molecule has 0 bridgehead atoms. The molecule has 174 valence electrons. The summed E-state index contributed by atoms with van der Waals surface area (Å²) in [6.07, 6.45) is 0.0249. The van der Waals surface area contributed by atoms with Gasteiger partial charge in [0.25, 0.3) is 0 Å². The third kappa shape index (κ3) is 5.10. The highest BCUT2D eigenvalue weighted by atomic mass is 32.1. The summed E-state index contributed by atoms with van der Waals surface area (Å²) in [7, 11) is 1.51. The minimum absolute atomic E-state index is 0.0249. The number of hydrogen-bond acceptors (Lipinski definition) is 8. The molecule has 2 aromatic heterocycles. The molecule has 2 aromatic carbocycles. The molecule has 7 nitrogen and oxygen atoms in total. The van der Waals surface area contributed by atoms with Crippen LogP contribution in [0.25, 0.3) is 16.6 Å². The number of aromatic nitrogens is 2. The van der Waals surface area contributed by atoms with Gasteiger partial charge in [-0.05, 0) is 54.1 Å². The van der Waals surface area contributed by atoms with Gasteiger partial charge in [0.1, 0.15) is 16.8 Å². The molecule has 34 heavy (non-hydrogen) atoms. The molecule has 4 aromatic rings. The van der Waals surface area contributed by atoms with Gasteiger partial charge < -0.3 is 14.6 Å². The van der Waals surface area contributed by atoms with E-state index in [-0.39, 0.29) is 28.9 Å². The second-order valence-electron chi connectivity index (χ2n) is 6.96. The number of ether oxygens (including phenoxy) is 2. The van der Waals surface area contributed by atoms with Gasteiger partial charge in [0.05, 0.1) is 24.4 Å². The Morgan fingerprint density at radius 2 is 1.71 bits per heavy atom. The van der Waals surface area contributed by atoms with Gasteiger partial charge in [0.2, 0.25) is 0 Å². The van der Waals surface area contributed by atoms with Crippen molar-refractivity contribution >= 4 is 51.4 Å². The number of allylic oxidation sites excluding steroid dienone is 1. The Bertz CT molecular complexity index is 1380. The minimum Gasteiger partial charge on any atom is -0.487 e. The van der Waals surface area contributed by atoms with Crippen LogP contribution in [0.15, 0.2) is 60.2 Å². The van der Waals surface area contributed by atoms with E-state index in [0.29, 0.717) is 26.5 Å². The van der Waals surface area contributed by atoms with Gasteiger partial charge >= 0.3 is 12.6 Å². The second kappa shape index (κ2) is 10.1. The lowest BCUT2D eigenvalue weighted by atomic mass is 9.91. The molecule has 11 heteroatoms. The van der Waals surface area contributed by atoms with Gasteiger partial charge in [-0.15, -0.1) is 11.3 Å². The van der Waals surface area contributed by atoms with E-state index in [4.69, 9.17) is 4.74 Å². The summed E-state index contributed by atoms with van der Waals surface area (Å²) in [6, 6.07) is 13.4. The molecule has 0 unspecified atom stereocenters. The van der Waals surface area contributed by atoms with Crippen LogP contribution in [-0.2, 0) is 11.2 Å². The van der Waals surface area contributed by atoms with Crippen molar-refractivity contribution < 1.29 is 33.0 Å². The zero-order valence-electron chi connectivity index (χ0n) is 17.5. The van der Waals surface area contributed by atoms with Gasteiger partial charge in [0.15, 0.2) is 10.8 Å². The molecular formula is C23H16F2N2O5S2. The third-order valence-electron chi connectivity index (χ3n) is 4.86. The van der Waals surface area contributed by atoms with Crippen molar-refractivity contribution in [3.05, 3.63) is 76.2 Å². The smallest absolute Gasteiger partial charge is 0.387 e. The number of thiophene rings is 1. The monoisotopic (exact) mass is 502 g/mol. The molecule has 0 radical (unpaired) electrons. The minimum atomic E-state index is -3.00. The van der Waals surface area contributed by atoms with E-state index < -0.39 is 18.4 Å². The first-order valence-electron chi connectivity index (χ1n) is 9.77. The van der Waals surface area contributed by atoms with E-state index >= 15 is 0 Å². The van der Waals surface area contributed by atoms with Crippen LogP contribution in [0.5, 0.6) is 10.8 Å². The van der Waals surface area contributed by atoms with Crippen LogP contribution in [0, 0.1) is 0 Å². The number of benzene rings is 2. The number of hydrogen-bond donors (Lipinski definition) is 1. The van der Waals surface area contributed by atoms with Crippen molar-refractivity contribution in [2.75, 3.05) is 7.11 Å². The van der Waals surface area contributed by atoms with Crippen molar-refractivity contribution in [1.82, 2.24) is 8.75 Å². The summed E-state index contributed by atoms with van der Waals surface area (Å²) in [4.78, 5) is 26.7. The lowest BCUT2D eigenvalue weighted by molar-refractivity contribution is -0.130. The number of nitrogens with zero attached hydrogens (tertiary/aromatic N) is 2. The number of fused-ring (bicyclic) bond motifs is 1. The summed E-state index contributed by atoms with van der Waals surface area (Å²) < 4.78 is 42.8. The van der Waals surface area contributed by atoms with Gasteiger partial charge in [-0.3, -0.25) is 4.79 Å². The average molecular weight is 503 g/mol. The van der Waals surface area contributed by atoms with Crippen molar-refractivity contribution in [1.29, 1.82) is 0 Å². The van der Waals surface area contributed by atoms with Gasteiger partial charge in [-0.1, -0.05) is 6.07 Å². The van der Waals surface area contributed by atoms with Crippen LogP contribution in [0.2, 0.25) is 0 Å². The second-order valence-corrected chi connectivity index (χ2v) is 8.62. The number of Topliss-reactive ketones (excluding diaryl/α,β-unsaturated/α-hetero) is 1. The zero-order chi connectivity index (χ0) is 24.2. The van der Waals surface area contributed by atoms with Crippen LogP contribution in [0.1, 0.15) is 20.8 Å². The summed E-state index contributed by atoms with van der Waals surface area (Å²) in [5.41, 5.74) is 1.41. The Labute approximate surface area is 200 Å². The number of carbonyl (C=O) groups excluding carboxylic acids is 1. The predicted octanol–water partition coefficient (Wildman–Crippen LogP) is 5.33. The normalized spacial score (nSPS) is 12.0. The van der Waals surface area contributed by atoms with E-state index in [1.165, 1.54) is 42.7 Å². The highest BCUT2D eigenvalue weighted by Gasteiger charge is 2.25. The Morgan fingerprint density at radius 3 is 2.35 bits per heavy atom. The molecule has 0 aliphatic heterocycles. The number of ketones is 1. The molecule has 0 atom stereocenters. The Balaban J connectivity index is 1.83. The predicted molar refractivity (Wildman–Crippen MR) is 124 cm³/mol. The molecule has 0 aliphatic carbocycles. The fourth-order valence-electron chi connectivity index (χ4n) is 3.35. The maximum atomic E-state index is 13.5. The Morgan fingerprint density at radius 1 is 1.00 bits per heavy atom. The summed E-state index contributed by atoms with van der Waals surface area (Å²) in [5, 5.41) is 10.7. The maximum Gasteiger partial charge on any atom is 0.387 e. The van der Waals surface area contributed by atoms with Crippen LogP contribution in [0.4, 0.5) is 8.78 Å². The molecule has 4 rings (SSSR count). The standard InChI is InChI=1S/C23H16F2N2O5S2/c1-31-19-9-7-15(33-19)11-16(21(28)12-2-5-14(6-3-12)32-23(24)25)20(22(29)30)13-4-8-17-18(10-13)27-34-26-17/h2-10,23H,11H2,1H3,(H,29,30). The highest BCUT2D eigenvalue weighted by molar-refractivity contribution is 7.13. The van der Waals surface area contributed by atoms with Crippen LogP contribution in [-0.4, -0.2) is 39.3 Å². The Kier molecular flexibility index (Phi) is 6.94. The summed E-state index contributed by atoms with van der Waals surface area (Å²) in [5.74, 6) is -1.95. The molecule has 2 heterocycles. The number of carboxylic acids is 1. The van der Waals surface area contributed by atoms with E-state index in [9.17, 15) is 23.5 Å². The molecule has 0 spiro atoms. The largest absolute Gasteiger partial charge is 0.487 e. The first kappa shape index (κ1) is 23.5.